The first-order valence-corrected chi connectivity index (χ1v) is 3.95. The molecule has 3 nitrogen and oxygen atoms in total. The molecular formula is C8H17Cl2N3. The van der Waals surface area contributed by atoms with Crippen molar-refractivity contribution < 1.29 is 0 Å². The molecular weight excluding hydrogens is 209 g/mol. The predicted molar refractivity (Wildman–Crippen MR) is 60.0 cm³/mol. The number of rotatable bonds is 4. The van der Waals surface area contributed by atoms with Crippen molar-refractivity contribution in [1.29, 1.82) is 0 Å². The van der Waals surface area contributed by atoms with Crippen molar-refractivity contribution in [2.24, 2.45) is 7.05 Å². The largest absolute Gasteiger partial charge is 0.338 e. The van der Waals surface area contributed by atoms with Crippen LogP contribution in [0.25, 0.3) is 0 Å². The monoisotopic (exact) mass is 225 g/mol. The van der Waals surface area contributed by atoms with E-state index >= 15 is 0 Å². The van der Waals surface area contributed by atoms with Crippen LogP contribution < -0.4 is 5.32 Å². The molecule has 1 aromatic heterocycles. The molecule has 1 rings (SSSR count). The highest BCUT2D eigenvalue weighted by atomic mass is 35.5. The molecule has 0 atom stereocenters. The lowest BCUT2D eigenvalue weighted by atomic mass is 10.3. The van der Waals surface area contributed by atoms with Gasteiger partial charge in [0.05, 0.1) is 0 Å². The van der Waals surface area contributed by atoms with E-state index < -0.39 is 0 Å². The lowest BCUT2D eigenvalue weighted by Gasteiger charge is -2.00. The number of hydrogen-bond donors (Lipinski definition) is 1. The van der Waals surface area contributed by atoms with E-state index in [4.69, 9.17) is 0 Å². The molecule has 0 aromatic carbocycles. The number of nitrogens with zero attached hydrogens (tertiary/aromatic N) is 2. The second-order valence-corrected chi connectivity index (χ2v) is 2.66. The Morgan fingerprint density at radius 2 is 2.15 bits per heavy atom. The number of nitrogens with one attached hydrogen (secondary N) is 1. The van der Waals surface area contributed by atoms with Crippen LogP contribution in [0.2, 0.25) is 0 Å². The Labute approximate surface area is 91.8 Å². The Hall–Kier alpha value is -0.250. The van der Waals surface area contributed by atoms with Crippen LogP contribution in [-0.4, -0.2) is 23.1 Å². The van der Waals surface area contributed by atoms with Crippen LogP contribution in [-0.2, 0) is 13.5 Å². The lowest BCUT2D eigenvalue weighted by molar-refractivity contribution is 0.680. The molecule has 0 aliphatic carbocycles. The van der Waals surface area contributed by atoms with Gasteiger partial charge in [0, 0.05) is 25.9 Å². The second kappa shape index (κ2) is 8.35. The Morgan fingerprint density at radius 3 is 2.62 bits per heavy atom. The maximum Gasteiger partial charge on any atom is 0.108 e. The Morgan fingerprint density at radius 1 is 1.46 bits per heavy atom. The number of aryl methyl sites for hydroxylation is 2. The Balaban J connectivity index is 0. The zero-order valence-electron chi connectivity index (χ0n) is 7.99. The molecule has 1 N–H and O–H groups in total. The van der Waals surface area contributed by atoms with Gasteiger partial charge in [-0.05, 0) is 20.0 Å². The van der Waals surface area contributed by atoms with Gasteiger partial charge in [0.1, 0.15) is 5.82 Å². The van der Waals surface area contributed by atoms with Crippen LogP contribution in [0.15, 0.2) is 12.4 Å². The van der Waals surface area contributed by atoms with E-state index in [-0.39, 0.29) is 24.8 Å². The highest BCUT2D eigenvalue weighted by molar-refractivity contribution is 5.85. The third kappa shape index (κ3) is 5.13. The van der Waals surface area contributed by atoms with Crippen LogP contribution in [0.4, 0.5) is 0 Å². The summed E-state index contributed by atoms with van der Waals surface area (Å²) in [5.41, 5.74) is 0. The Kier molecular flexibility index (Phi) is 9.79. The molecule has 13 heavy (non-hydrogen) atoms. The minimum Gasteiger partial charge on any atom is -0.338 e. The fourth-order valence-corrected chi connectivity index (χ4v) is 1.06. The average Bonchev–Trinajstić information content (AvgIpc) is 2.37. The van der Waals surface area contributed by atoms with Gasteiger partial charge in [-0.1, -0.05) is 0 Å². The molecule has 1 aromatic rings. The van der Waals surface area contributed by atoms with E-state index in [0.29, 0.717) is 0 Å². The fourth-order valence-electron chi connectivity index (χ4n) is 1.06. The summed E-state index contributed by atoms with van der Waals surface area (Å²) < 4.78 is 2.07. The number of hydrogen-bond acceptors (Lipinski definition) is 2. The zero-order valence-corrected chi connectivity index (χ0v) is 9.62. The molecule has 0 spiro atoms. The van der Waals surface area contributed by atoms with E-state index in [9.17, 15) is 0 Å². The number of halogens is 2. The first-order chi connectivity index (χ1) is 5.34. The molecule has 0 aliphatic rings. The van der Waals surface area contributed by atoms with E-state index in [1.54, 1.807) is 0 Å². The summed E-state index contributed by atoms with van der Waals surface area (Å²) in [4.78, 5) is 4.22. The molecule has 0 saturated carbocycles. The lowest BCUT2D eigenvalue weighted by Crippen LogP contribution is -2.09. The summed E-state index contributed by atoms with van der Waals surface area (Å²) in [7, 11) is 4.00. The maximum absolute atomic E-state index is 4.22. The van der Waals surface area contributed by atoms with Crippen molar-refractivity contribution in [2.75, 3.05) is 13.6 Å². The summed E-state index contributed by atoms with van der Waals surface area (Å²) in [5, 5.41) is 3.11. The third-order valence-corrected chi connectivity index (χ3v) is 1.75. The van der Waals surface area contributed by atoms with Crippen LogP contribution in [0.3, 0.4) is 0 Å². The van der Waals surface area contributed by atoms with Gasteiger partial charge in [-0.25, -0.2) is 4.98 Å². The predicted octanol–water partition coefficient (Wildman–Crippen LogP) is 1.42. The number of aromatic nitrogens is 2. The van der Waals surface area contributed by atoms with Gasteiger partial charge in [-0.15, -0.1) is 24.8 Å². The minimum atomic E-state index is 0. The number of imidazole rings is 1. The van der Waals surface area contributed by atoms with Gasteiger partial charge in [0.25, 0.3) is 0 Å². The van der Waals surface area contributed by atoms with Crippen LogP contribution >= 0.6 is 24.8 Å². The van der Waals surface area contributed by atoms with Gasteiger partial charge in [0.2, 0.25) is 0 Å². The smallest absolute Gasteiger partial charge is 0.108 e. The molecule has 0 saturated heterocycles. The second-order valence-electron chi connectivity index (χ2n) is 2.66. The van der Waals surface area contributed by atoms with Gasteiger partial charge in [0.15, 0.2) is 0 Å². The summed E-state index contributed by atoms with van der Waals surface area (Å²) in [5.74, 6) is 1.17. The quantitative estimate of drug-likeness (QED) is 0.787. The van der Waals surface area contributed by atoms with Crippen molar-refractivity contribution >= 4 is 24.8 Å². The highest BCUT2D eigenvalue weighted by Crippen LogP contribution is 1.97. The summed E-state index contributed by atoms with van der Waals surface area (Å²) in [6, 6.07) is 0. The minimum absolute atomic E-state index is 0. The summed E-state index contributed by atoms with van der Waals surface area (Å²) in [6.07, 6.45) is 6.04. The van der Waals surface area contributed by atoms with E-state index in [1.807, 2.05) is 26.5 Å². The van der Waals surface area contributed by atoms with Crippen LogP contribution in [0, 0.1) is 0 Å². The molecule has 0 amide bonds. The van der Waals surface area contributed by atoms with Crippen LogP contribution in [0.1, 0.15) is 12.2 Å². The summed E-state index contributed by atoms with van der Waals surface area (Å²) in [6.45, 7) is 1.06. The molecule has 78 valence electrons. The van der Waals surface area contributed by atoms with Crippen molar-refractivity contribution in [3.05, 3.63) is 18.2 Å². The summed E-state index contributed by atoms with van der Waals surface area (Å²) >= 11 is 0. The van der Waals surface area contributed by atoms with Gasteiger partial charge in [-0.3, -0.25) is 0 Å². The SMILES string of the molecule is CNCCCc1nccn1C.Cl.Cl. The maximum atomic E-state index is 4.22. The highest BCUT2D eigenvalue weighted by Gasteiger charge is 1.96. The molecule has 5 heteroatoms. The van der Waals surface area contributed by atoms with E-state index in [0.717, 1.165) is 19.4 Å². The first-order valence-electron chi connectivity index (χ1n) is 3.95. The van der Waals surface area contributed by atoms with E-state index in [1.165, 1.54) is 5.82 Å². The van der Waals surface area contributed by atoms with Crippen LogP contribution in [0.5, 0.6) is 0 Å². The molecule has 0 unspecified atom stereocenters. The molecule has 1 heterocycles. The standard InChI is InChI=1S/C8H15N3.2ClH/c1-9-5-3-4-8-10-6-7-11(8)2;;/h6-7,9H,3-5H2,1-2H3;2*1H. The van der Waals surface area contributed by atoms with Gasteiger partial charge in [-0.2, -0.15) is 0 Å². The molecule has 0 bridgehead atoms. The van der Waals surface area contributed by atoms with Crippen molar-refractivity contribution in [3.63, 3.8) is 0 Å². The van der Waals surface area contributed by atoms with Crippen molar-refractivity contribution in [1.82, 2.24) is 14.9 Å². The van der Waals surface area contributed by atoms with Crippen molar-refractivity contribution in [2.45, 2.75) is 12.8 Å². The molecule has 0 fully saturated rings. The zero-order chi connectivity index (χ0) is 8.10. The van der Waals surface area contributed by atoms with E-state index in [2.05, 4.69) is 14.9 Å². The first kappa shape index (κ1) is 15.2. The topological polar surface area (TPSA) is 29.9 Å². The van der Waals surface area contributed by atoms with Crippen molar-refractivity contribution in [3.8, 4) is 0 Å². The van der Waals surface area contributed by atoms with Gasteiger partial charge >= 0.3 is 0 Å². The molecule has 0 aliphatic heterocycles. The third-order valence-electron chi connectivity index (χ3n) is 1.75. The average molecular weight is 226 g/mol. The van der Waals surface area contributed by atoms with Gasteiger partial charge < -0.3 is 9.88 Å². The normalized spacial score (nSPS) is 8.77. The fraction of sp³-hybridized carbons (Fsp3) is 0.625. The molecule has 0 radical (unpaired) electrons. The Bertz CT molecular complexity index is 213.